The number of nitrogens with zero attached hydrogens (tertiary/aromatic N) is 1. The molecule has 0 amide bonds. The third-order valence-electron chi connectivity index (χ3n) is 3.03. The molecule has 20 heavy (non-hydrogen) atoms. The molecule has 1 atom stereocenters. The molecule has 0 saturated heterocycles. The molecule has 0 saturated carbocycles. The first-order chi connectivity index (χ1) is 9.65. The molecule has 3 nitrogen and oxygen atoms in total. The topological polar surface area (TPSA) is 45.8 Å². The number of hydrogen-bond acceptors (Lipinski definition) is 2. The summed E-state index contributed by atoms with van der Waals surface area (Å²) < 4.78 is 0.963. The summed E-state index contributed by atoms with van der Waals surface area (Å²) in [6.45, 7) is 0. The zero-order valence-electron chi connectivity index (χ0n) is 10.3. The highest BCUT2D eigenvalue weighted by molar-refractivity contribution is 9.10. The Morgan fingerprint density at radius 3 is 2.55 bits per heavy atom. The van der Waals surface area contributed by atoms with Crippen LogP contribution < -0.4 is 5.56 Å². The SMILES string of the molecule is O=c1[nH]c2ccccc2nc1C(Cl)c1ccc(Br)cc1. The molecular formula is C15H10BrClN2O. The summed E-state index contributed by atoms with van der Waals surface area (Å²) in [4.78, 5) is 19.3. The fourth-order valence-electron chi connectivity index (χ4n) is 2.01. The highest BCUT2D eigenvalue weighted by Crippen LogP contribution is 2.27. The van der Waals surface area contributed by atoms with Gasteiger partial charge in [0.15, 0.2) is 0 Å². The summed E-state index contributed by atoms with van der Waals surface area (Å²) in [5.74, 6) is 0. The smallest absolute Gasteiger partial charge is 0.272 e. The number of hydrogen-bond donors (Lipinski definition) is 1. The summed E-state index contributed by atoms with van der Waals surface area (Å²) in [7, 11) is 0. The minimum absolute atomic E-state index is 0.258. The molecule has 1 aromatic heterocycles. The van der Waals surface area contributed by atoms with Crippen molar-refractivity contribution < 1.29 is 0 Å². The first kappa shape index (κ1) is 13.3. The van der Waals surface area contributed by atoms with Crippen LogP contribution in [0.4, 0.5) is 0 Å². The quantitative estimate of drug-likeness (QED) is 0.710. The molecular weight excluding hydrogens is 340 g/mol. The molecule has 5 heteroatoms. The Morgan fingerprint density at radius 1 is 1.10 bits per heavy atom. The van der Waals surface area contributed by atoms with Gasteiger partial charge in [0.2, 0.25) is 0 Å². The Balaban J connectivity index is 2.11. The number of para-hydroxylation sites is 2. The molecule has 1 unspecified atom stereocenters. The van der Waals surface area contributed by atoms with Crippen molar-refractivity contribution in [2.24, 2.45) is 0 Å². The number of aromatic nitrogens is 2. The minimum Gasteiger partial charge on any atom is -0.319 e. The van der Waals surface area contributed by atoms with Gasteiger partial charge in [0, 0.05) is 4.47 Å². The lowest BCUT2D eigenvalue weighted by molar-refractivity contribution is 0.999. The molecule has 3 rings (SSSR count). The van der Waals surface area contributed by atoms with E-state index in [4.69, 9.17) is 11.6 Å². The second-order valence-electron chi connectivity index (χ2n) is 4.38. The molecule has 0 aliphatic carbocycles. The van der Waals surface area contributed by atoms with Gasteiger partial charge in [-0.05, 0) is 29.8 Å². The largest absolute Gasteiger partial charge is 0.319 e. The van der Waals surface area contributed by atoms with Gasteiger partial charge in [-0.2, -0.15) is 0 Å². The van der Waals surface area contributed by atoms with Gasteiger partial charge >= 0.3 is 0 Å². The fourth-order valence-corrected chi connectivity index (χ4v) is 2.56. The lowest BCUT2D eigenvalue weighted by atomic mass is 10.1. The van der Waals surface area contributed by atoms with Crippen LogP contribution in [0.1, 0.15) is 16.6 Å². The van der Waals surface area contributed by atoms with Gasteiger partial charge < -0.3 is 4.98 Å². The van der Waals surface area contributed by atoms with E-state index in [0.29, 0.717) is 11.2 Å². The van der Waals surface area contributed by atoms with Crippen molar-refractivity contribution in [1.29, 1.82) is 0 Å². The van der Waals surface area contributed by atoms with Crippen LogP contribution in [-0.2, 0) is 0 Å². The highest BCUT2D eigenvalue weighted by atomic mass is 79.9. The van der Waals surface area contributed by atoms with E-state index in [2.05, 4.69) is 25.9 Å². The lowest BCUT2D eigenvalue weighted by Crippen LogP contribution is -2.17. The van der Waals surface area contributed by atoms with Gasteiger partial charge in [-0.15, -0.1) is 11.6 Å². The van der Waals surface area contributed by atoms with E-state index in [-0.39, 0.29) is 5.56 Å². The maximum Gasteiger partial charge on any atom is 0.272 e. The van der Waals surface area contributed by atoms with Crippen LogP contribution in [0.3, 0.4) is 0 Å². The van der Waals surface area contributed by atoms with Crippen LogP contribution in [0.25, 0.3) is 11.0 Å². The Hall–Kier alpha value is -1.65. The molecule has 0 bridgehead atoms. The Kier molecular flexibility index (Phi) is 3.59. The zero-order chi connectivity index (χ0) is 14.1. The maximum atomic E-state index is 12.1. The van der Waals surface area contributed by atoms with Crippen LogP contribution in [-0.4, -0.2) is 9.97 Å². The molecule has 1 heterocycles. The molecule has 2 aromatic carbocycles. The molecule has 0 aliphatic rings. The number of fused-ring (bicyclic) bond motifs is 1. The number of benzene rings is 2. The van der Waals surface area contributed by atoms with Crippen molar-refractivity contribution in [2.45, 2.75) is 5.38 Å². The predicted octanol–water partition coefficient (Wildman–Crippen LogP) is 4.01. The molecule has 1 N–H and O–H groups in total. The van der Waals surface area contributed by atoms with Crippen molar-refractivity contribution in [3.63, 3.8) is 0 Å². The summed E-state index contributed by atoms with van der Waals surface area (Å²) >= 11 is 9.76. The van der Waals surface area contributed by atoms with E-state index < -0.39 is 5.38 Å². The number of nitrogens with one attached hydrogen (secondary N) is 1. The third-order valence-corrected chi connectivity index (χ3v) is 4.02. The summed E-state index contributed by atoms with van der Waals surface area (Å²) in [5, 5.41) is -0.573. The van der Waals surface area contributed by atoms with Crippen molar-refractivity contribution >= 4 is 38.6 Å². The molecule has 0 spiro atoms. The highest BCUT2D eigenvalue weighted by Gasteiger charge is 2.17. The predicted molar refractivity (Wildman–Crippen MR) is 84.2 cm³/mol. The lowest BCUT2D eigenvalue weighted by Gasteiger charge is -2.09. The van der Waals surface area contributed by atoms with Crippen molar-refractivity contribution in [3.8, 4) is 0 Å². The number of rotatable bonds is 2. The van der Waals surface area contributed by atoms with Crippen LogP contribution in [0.15, 0.2) is 57.8 Å². The first-order valence-corrected chi connectivity index (χ1v) is 7.26. The number of aromatic amines is 1. The Morgan fingerprint density at radius 2 is 1.80 bits per heavy atom. The van der Waals surface area contributed by atoms with E-state index in [1.807, 2.05) is 48.5 Å². The normalized spacial score (nSPS) is 12.5. The average Bonchev–Trinajstić information content (AvgIpc) is 2.46. The number of H-pyrrole nitrogens is 1. The van der Waals surface area contributed by atoms with Crippen LogP contribution in [0.5, 0.6) is 0 Å². The third kappa shape index (κ3) is 2.49. The summed E-state index contributed by atoms with van der Waals surface area (Å²) in [6.07, 6.45) is 0. The van der Waals surface area contributed by atoms with Gasteiger partial charge in [-0.25, -0.2) is 4.98 Å². The van der Waals surface area contributed by atoms with E-state index >= 15 is 0 Å². The second kappa shape index (κ2) is 5.38. The first-order valence-electron chi connectivity index (χ1n) is 6.03. The van der Waals surface area contributed by atoms with Gasteiger partial charge in [-0.3, -0.25) is 4.79 Å². The monoisotopic (exact) mass is 348 g/mol. The van der Waals surface area contributed by atoms with Crippen molar-refractivity contribution in [3.05, 3.63) is 74.6 Å². The Labute approximate surface area is 128 Å². The molecule has 100 valence electrons. The van der Waals surface area contributed by atoms with Crippen molar-refractivity contribution in [2.75, 3.05) is 0 Å². The van der Waals surface area contributed by atoms with E-state index in [9.17, 15) is 4.79 Å². The van der Waals surface area contributed by atoms with Crippen LogP contribution >= 0.6 is 27.5 Å². The van der Waals surface area contributed by atoms with E-state index in [1.165, 1.54) is 0 Å². The summed E-state index contributed by atoms with van der Waals surface area (Å²) in [5.41, 5.74) is 2.33. The maximum absolute atomic E-state index is 12.1. The summed E-state index contributed by atoms with van der Waals surface area (Å²) in [6, 6.07) is 14.9. The van der Waals surface area contributed by atoms with Crippen LogP contribution in [0, 0.1) is 0 Å². The number of halogens is 2. The minimum atomic E-state index is -0.573. The van der Waals surface area contributed by atoms with E-state index in [0.717, 1.165) is 15.6 Å². The molecule has 3 aromatic rings. The average molecular weight is 350 g/mol. The fraction of sp³-hybridized carbons (Fsp3) is 0.0667. The van der Waals surface area contributed by atoms with Crippen molar-refractivity contribution in [1.82, 2.24) is 9.97 Å². The van der Waals surface area contributed by atoms with Crippen LogP contribution in [0.2, 0.25) is 0 Å². The second-order valence-corrected chi connectivity index (χ2v) is 5.73. The Bertz CT molecular complexity index is 814. The standard InChI is InChI=1S/C15H10BrClN2O/c16-10-7-5-9(6-8-10)13(17)14-15(20)19-12-4-2-1-3-11(12)18-14/h1-8,13H,(H,19,20). The van der Waals surface area contributed by atoms with Gasteiger partial charge in [-0.1, -0.05) is 40.2 Å². The molecule has 0 aliphatic heterocycles. The molecule has 0 fully saturated rings. The van der Waals surface area contributed by atoms with Gasteiger partial charge in [0.05, 0.1) is 11.0 Å². The van der Waals surface area contributed by atoms with Gasteiger partial charge in [0.25, 0.3) is 5.56 Å². The zero-order valence-corrected chi connectivity index (χ0v) is 12.6. The van der Waals surface area contributed by atoms with E-state index in [1.54, 1.807) is 0 Å². The van der Waals surface area contributed by atoms with Gasteiger partial charge in [0.1, 0.15) is 11.1 Å². The number of alkyl halides is 1. The molecule has 0 radical (unpaired) electrons.